The lowest BCUT2D eigenvalue weighted by Crippen LogP contribution is -2.14. The molecule has 132 valence electrons. The highest BCUT2D eigenvalue weighted by Gasteiger charge is 2.38. The van der Waals surface area contributed by atoms with Crippen molar-refractivity contribution in [1.29, 1.82) is 0 Å². The number of carbonyl (C=O) groups is 2. The van der Waals surface area contributed by atoms with Gasteiger partial charge in [0.05, 0.1) is 35.5 Å². The first-order valence-corrected chi connectivity index (χ1v) is 9.27. The molecule has 0 aliphatic carbocycles. The summed E-state index contributed by atoms with van der Waals surface area (Å²) >= 11 is 0. The lowest BCUT2D eigenvalue weighted by Gasteiger charge is -2.07. The van der Waals surface area contributed by atoms with E-state index < -0.39 is 27.5 Å². The van der Waals surface area contributed by atoms with Gasteiger partial charge in [-0.1, -0.05) is 6.08 Å². The fraction of sp³-hybridized carbons (Fsp3) is 0.294. The van der Waals surface area contributed by atoms with E-state index in [1.54, 1.807) is 4.57 Å². The maximum atomic E-state index is 12.9. The lowest BCUT2D eigenvalue weighted by molar-refractivity contribution is -0.142. The molecular formula is C17H17NO6S. The SMILES string of the molecule is C=CCS(=O)(=O)c1cc2n(c1C(=O)c1ccoc1)CCC2C(=O)OC. The van der Waals surface area contributed by atoms with Crippen LogP contribution in [0.1, 0.15) is 34.1 Å². The molecule has 3 rings (SSSR count). The van der Waals surface area contributed by atoms with E-state index in [0.717, 1.165) is 0 Å². The highest BCUT2D eigenvalue weighted by molar-refractivity contribution is 7.91. The second-order valence-electron chi connectivity index (χ2n) is 5.71. The third-order valence-corrected chi connectivity index (χ3v) is 5.90. The minimum Gasteiger partial charge on any atom is -0.472 e. The number of esters is 1. The number of ether oxygens (including phenoxy) is 1. The number of ketones is 1. The summed E-state index contributed by atoms with van der Waals surface area (Å²) < 4.78 is 36.5. The monoisotopic (exact) mass is 363 g/mol. The molecule has 0 spiro atoms. The van der Waals surface area contributed by atoms with Crippen molar-refractivity contribution in [3.05, 3.63) is 54.3 Å². The standard InChI is InChI=1S/C17H17NO6S/c1-3-8-25(21,22)14-9-13-12(17(20)23-2)4-6-18(13)15(14)16(19)11-5-7-24-10-11/h3,5,7,9-10,12H,1,4,6,8H2,2H3. The number of aromatic nitrogens is 1. The Morgan fingerprint density at radius 1 is 1.48 bits per heavy atom. The Balaban J connectivity index is 2.20. The van der Waals surface area contributed by atoms with E-state index in [4.69, 9.17) is 9.15 Å². The number of carbonyl (C=O) groups excluding carboxylic acids is 2. The first-order chi connectivity index (χ1) is 11.9. The van der Waals surface area contributed by atoms with Crippen LogP contribution < -0.4 is 0 Å². The summed E-state index contributed by atoms with van der Waals surface area (Å²) in [5.41, 5.74) is 0.767. The summed E-state index contributed by atoms with van der Waals surface area (Å²) in [5, 5.41) is 0. The Labute approximate surface area is 144 Å². The highest BCUT2D eigenvalue weighted by Crippen LogP contribution is 2.36. The topological polar surface area (TPSA) is 95.6 Å². The van der Waals surface area contributed by atoms with E-state index >= 15 is 0 Å². The number of hydrogen-bond acceptors (Lipinski definition) is 6. The Hall–Kier alpha value is -2.61. The molecule has 0 fully saturated rings. The van der Waals surface area contributed by atoms with Gasteiger partial charge in [0.1, 0.15) is 12.0 Å². The number of fused-ring (bicyclic) bond motifs is 1. The summed E-state index contributed by atoms with van der Waals surface area (Å²) in [6.45, 7) is 3.81. The van der Waals surface area contributed by atoms with Crippen molar-refractivity contribution >= 4 is 21.6 Å². The molecule has 0 N–H and O–H groups in total. The Bertz CT molecular complexity index is 936. The van der Waals surface area contributed by atoms with Crippen molar-refractivity contribution in [3.63, 3.8) is 0 Å². The molecule has 1 aliphatic heterocycles. The number of hydrogen-bond donors (Lipinski definition) is 0. The quantitative estimate of drug-likeness (QED) is 0.442. The van der Waals surface area contributed by atoms with Gasteiger partial charge in [-0.3, -0.25) is 9.59 Å². The summed E-state index contributed by atoms with van der Waals surface area (Å²) in [6, 6.07) is 2.87. The molecule has 0 saturated heterocycles. The molecule has 0 radical (unpaired) electrons. The van der Waals surface area contributed by atoms with Crippen LogP contribution in [0.2, 0.25) is 0 Å². The molecule has 7 nitrogen and oxygen atoms in total. The molecule has 1 atom stereocenters. The van der Waals surface area contributed by atoms with E-state index in [9.17, 15) is 18.0 Å². The second-order valence-corrected chi connectivity index (χ2v) is 7.71. The zero-order valence-electron chi connectivity index (χ0n) is 13.6. The first kappa shape index (κ1) is 17.2. The Kier molecular flexibility index (Phi) is 4.38. The van der Waals surface area contributed by atoms with Crippen LogP contribution in [0.25, 0.3) is 0 Å². The number of nitrogens with zero attached hydrogens (tertiary/aromatic N) is 1. The van der Waals surface area contributed by atoms with E-state index in [-0.39, 0.29) is 21.9 Å². The van der Waals surface area contributed by atoms with E-state index in [0.29, 0.717) is 18.7 Å². The summed E-state index contributed by atoms with van der Waals surface area (Å²) in [4.78, 5) is 24.7. The summed E-state index contributed by atoms with van der Waals surface area (Å²) in [7, 11) is -2.47. The van der Waals surface area contributed by atoms with Crippen molar-refractivity contribution in [3.8, 4) is 0 Å². The van der Waals surface area contributed by atoms with Crippen LogP contribution in [-0.2, 0) is 25.9 Å². The molecule has 1 unspecified atom stereocenters. The van der Waals surface area contributed by atoms with Gasteiger partial charge in [-0.05, 0) is 18.6 Å². The predicted molar refractivity (Wildman–Crippen MR) is 88.2 cm³/mol. The summed E-state index contributed by atoms with van der Waals surface area (Å²) in [6.07, 6.45) is 4.33. The number of furan rings is 1. The van der Waals surface area contributed by atoms with Crippen LogP contribution in [0.4, 0.5) is 0 Å². The van der Waals surface area contributed by atoms with E-state index in [1.807, 2.05) is 0 Å². The third-order valence-electron chi connectivity index (χ3n) is 4.25. The number of rotatable bonds is 6. The molecule has 2 aromatic rings. The maximum Gasteiger partial charge on any atom is 0.314 e. The number of sulfone groups is 1. The van der Waals surface area contributed by atoms with Gasteiger partial charge in [-0.15, -0.1) is 6.58 Å². The van der Waals surface area contributed by atoms with Gasteiger partial charge in [-0.2, -0.15) is 0 Å². The van der Waals surface area contributed by atoms with Gasteiger partial charge in [0.25, 0.3) is 0 Å². The van der Waals surface area contributed by atoms with Crippen LogP contribution in [0.15, 0.2) is 46.6 Å². The molecule has 0 aromatic carbocycles. The molecule has 3 heterocycles. The van der Waals surface area contributed by atoms with Crippen LogP contribution in [0.3, 0.4) is 0 Å². The van der Waals surface area contributed by atoms with Crippen LogP contribution in [0, 0.1) is 0 Å². The normalized spacial score (nSPS) is 16.4. The molecule has 1 aliphatic rings. The van der Waals surface area contributed by atoms with Crippen molar-refractivity contribution in [2.75, 3.05) is 12.9 Å². The first-order valence-electron chi connectivity index (χ1n) is 7.62. The van der Waals surface area contributed by atoms with E-state index in [1.165, 1.54) is 37.8 Å². The zero-order chi connectivity index (χ0) is 18.2. The molecule has 0 amide bonds. The van der Waals surface area contributed by atoms with Crippen LogP contribution in [0.5, 0.6) is 0 Å². The van der Waals surface area contributed by atoms with Gasteiger partial charge in [-0.25, -0.2) is 8.42 Å². The van der Waals surface area contributed by atoms with E-state index in [2.05, 4.69) is 6.58 Å². The molecular weight excluding hydrogens is 346 g/mol. The molecule has 8 heteroatoms. The molecule has 2 aromatic heterocycles. The second kappa shape index (κ2) is 6.36. The Morgan fingerprint density at radius 2 is 2.24 bits per heavy atom. The third kappa shape index (κ3) is 2.82. The molecule has 0 bridgehead atoms. The fourth-order valence-electron chi connectivity index (χ4n) is 3.11. The van der Waals surface area contributed by atoms with Gasteiger partial charge >= 0.3 is 5.97 Å². The fourth-order valence-corrected chi connectivity index (χ4v) is 4.39. The molecule has 25 heavy (non-hydrogen) atoms. The van der Waals surface area contributed by atoms with Gasteiger partial charge in [0, 0.05) is 12.2 Å². The van der Waals surface area contributed by atoms with Crippen molar-refractivity contribution < 1.29 is 27.2 Å². The summed E-state index contributed by atoms with van der Waals surface area (Å²) in [5.74, 6) is -1.81. The largest absolute Gasteiger partial charge is 0.472 e. The number of methoxy groups -OCH3 is 1. The average Bonchev–Trinajstić information content (AvgIpc) is 3.29. The van der Waals surface area contributed by atoms with Gasteiger partial charge in [0.2, 0.25) is 5.78 Å². The lowest BCUT2D eigenvalue weighted by atomic mass is 10.1. The van der Waals surface area contributed by atoms with Gasteiger partial charge in [0.15, 0.2) is 9.84 Å². The van der Waals surface area contributed by atoms with Gasteiger partial charge < -0.3 is 13.7 Å². The zero-order valence-corrected chi connectivity index (χ0v) is 14.4. The van der Waals surface area contributed by atoms with Crippen LogP contribution >= 0.6 is 0 Å². The minimum atomic E-state index is -3.75. The average molecular weight is 363 g/mol. The predicted octanol–water partition coefficient (Wildman–Crippen LogP) is 1.93. The molecule has 0 saturated carbocycles. The van der Waals surface area contributed by atoms with Crippen molar-refractivity contribution in [2.45, 2.75) is 23.8 Å². The Morgan fingerprint density at radius 3 is 2.84 bits per heavy atom. The minimum absolute atomic E-state index is 0.0460. The maximum absolute atomic E-state index is 12.9. The highest BCUT2D eigenvalue weighted by atomic mass is 32.2. The van der Waals surface area contributed by atoms with Crippen LogP contribution in [-0.4, -0.2) is 37.6 Å². The van der Waals surface area contributed by atoms with Crippen molar-refractivity contribution in [2.24, 2.45) is 0 Å². The van der Waals surface area contributed by atoms with Crippen molar-refractivity contribution in [1.82, 2.24) is 4.57 Å². The smallest absolute Gasteiger partial charge is 0.314 e.